The number of amides is 1. The Morgan fingerprint density at radius 2 is 2.26 bits per heavy atom. The molecule has 6 nitrogen and oxygen atoms in total. The van der Waals surface area contributed by atoms with Crippen molar-refractivity contribution in [3.63, 3.8) is 0 Å². The van der Waals surface area contributed by atoms with Crippen LogP contribution in [0.3, 0.4) is 0 Å². The number of hydrogen-bond acceptors (Lipinski definition) is 4. The lowest BCUT2D eigenvalue weighted by molar-refractivity contribution is 0.0950. The zero-order valence-electron chi connectivity index (χ0n) is 10.3. The third-order valence-electron chi connectivity index (χ3n) is 2.46. The molecule has 0 aromatic carbocycles. The first-order valence-corrected chi connectivity index (χ1v) is 5.66. The van der Waals surface area contributed by atoms with Crippen LogP contribution in [0.15, 0.2) is 41.3 Å². The summed E-state index contributed by atoms with van der Waals surface area (Å²) < 4.78 is 4.99. The first-order chi connectivity index (χ1) is 9.19. The summed E-state index contributed by atoms with van der Waals surface area (Å²) in [4.78, 5) is 29.5. The van der Waals surface area contributed by atoms with Crippen LogP contribution in [0, 0.1) is 0 Å². The number of pyridine rings is 2. The first-order valence-electron chi connectivity index (χ1n) is 5.66. The molecule has 2 aromatic heterocycles. The highest BCUT2D eigenvalue weighted by Crippen LogP contribution is 2.06. The fourth-order valence-corrected chi connectivity index (χ4v) is 1.53. The van der Waals surface area contributed by atoms with E-state index in [2.05, 4.69) is 15.3 Å². The van der Waals surface area contributed by atoms with E-state index in [1.165, 1.54) is 25.4 Å². The van der Waals surface area contributed by atoms with Crippen molar-refractivity contribution in [1.29, 1.82) is 0 Å². The average Bonchev–Trinajstić information content (AvgIpc) is 2.45. The summed E-state index contributed by atoms with van der Waals surface area (Å²) in [5, 5.41) is 2.68. The van der Waals surface area contributed by atoms with Gasteiger partial charge in [-0.05, 0) is 12.1 Å². The normalized spacial score (nSPS) is 9.95. The summed E-state index contributed by atoms with van der Waals surface area (Å²) in [5.41, 5.74) is 0.677. The number of aromatic amines is 1. The molecule has 6 heteroatoms. The number of H-pyrrole nitrogens is 1. The second-order valence-electron chi connectivity index (χ2n) is 3.80. The van der Waals surface area contributed by atoms with Gasteiger partial charge in [0.25, 0.3) is 5.91 Å². The Labute approximate surface area is 109 Å². The molecule has 0 aliphatic heterocycles. The maximum absolute atomic E-state index is 11.8. The molecule has 1 amide bonds. The predicted molar refractivity (Wildman–Crippen MR) is 69.0 cm³/mol. The van der Waals surface area contributed by atoms with E-state index in [1.807, 2.05) is 0 Å². The fraction of sp³-hybridized carbons (Fsp3) is 0.154. The molecule has 0 saturated heterocycles. The molecule has 0 atom stereocenters. The van der Waals surface area contributed by atoms with Crippen LogP contribution >= 0.6 is 0 Å². The minimum absolute atomic E-state index is 0.267. The van der Waals surface area contributed by atoms with Gasteiger partial charge in [0, 0.05) is 23.9 Å². The Kier molecular flexibility index (Phi) is 3.92. The summed E-state index contributed by atoms with van der Waals surface area (Å²) >= 11 is 0. The van der Waals surface area contributed by atoms with Crippen molar-refractivity contribution in [2.24, 2.45) is 0 Å². The van der Waals surface area contributed by atoms with E-state index in [1.54, 1.807) is 18.2 Å². The zero-order chi connectivity index (χ0) is 13.7. The lowest BCUT2D eigenvalue weighted by Gasteiger charge is -2.05. The predicted octanol–water partition coefficient (Wildman–Crippen LogP) is 0.708. The third-order valence-corrected chi connectivity index (χ3v) is 2.46. The standard InChI is InChI=1S/C13H13N3O3/c1-19-12-4-2-3-10(16-12)8-15-13(18)9-5-6-14-11(17)7-9/h2-7H,8H2,1H3,(H,14,17)(H,15,18). The van der Waals surface area contributed by atoms with E-state index < -0.39 is 0 Å². The molecule has 2 N–H and O–H groups in total. The number of aromatic nitrogens is 2. The van der Waals surface area contributed by atoms with Crippen molar-refractivity contribution in [3.05, 3.63) is 58.1 Å². The quantitative estimate of drug-likeness (QED) is 0.847. The topological polar surface area (TPSA) is 84.1 Å². The van der Waals surface area contributed by atoms with Crippen LogP contribution in [0.1, 0.15) is 16.1 Å². The molecule has 98 valence electrons. The van der Waals surface area contributed by atoms with Gasteiger partial charge in [-0.1, -0.05) is 6.07 Å². The van der Waals surface area contributed by atoms with E-state index in [0.717, 1.165) is 0 Å². The van der Waals surface area contributed by atoms with Crippen LogP contribution in [0.5, 0.6) is 5.88 Å². The van der Waals surface area contributed by atoms with Gasteiger partial charge in [-0.3, -0.25) is 9.59 Å². The second kappa shape index (κ2) is 5.81. The highest BCUT2D eigenvalue weighted by molar-refractivity contribution is 5.93. The number of ether oxygens (including phenoxy) is 1. The van der Waals surface area contributed by atoms with Crippen molar-refractivity contribution in [1.82, 2.24) is 15.3 Å². The van der Waals surface area contributed by atoms with Crippen molar-refractivity contribution < 1.29 is 9.53 Å². The van der Waals surface area contributed by atoms with E-state index in [9.17, 15) is 9.59 Å². The minimum Gasteiger partial charge on any atom is -0.481 e. The number of nitrogens with zero attached hydrogens (tertiary/aromatic N) is 1. The summed E-state index contributed by atoms with van der Waals surface area (Å²) in [6.07, 6.45) is 1.43. The van der Waals surface area contributed by atoms with Crippen LogP contribution in [0.4, 0.5) is 0 Å². The van der Waals surface area contributed by atoms with Gasteiger partial charge in [-0.2, -0.15) is 0 Å². The maximum atomic E-state index is 11.8. The minimum atomic E-state index is -0.323. The Bertz CT molecular complexity index is 637. The molecular weight excluding hydrogens is 246 g/mol. The molecule has 0 radical (unpaired) electrons. The molecular formula is C13H13N3O3. The number of methoxy groups -OCH3 is 1. The average molecular weight is 259 g/mol. The monoisotopic (exact) mass is 259 g/mol. The maximum Gasteiger partial charge on any atom is 0.251 e. The van der Waals surface area contributed by atoms with Crippen LogP contribution < -0.4 is 15.6 Å². The number of carbonyl (C=O) groups is 1. The number of nitrogens with one attached hydrogen (secondary N) is 2. The van der Waals surface area contributed by atoms with Gasteiger partial charge in [-0.15, -0.1) is 0 Å². The molecule has 0 aliphatic rings. The molecule has 0 saturated carbocycles. The van der Waals surface area contributed by atoms with Crippen LogP contribution in [-0.2, 0) is 6.54 Å². The second-order valence-corrected chi connectivity index (χ2v) is 3.80. The van der Waals surface area contributed by atoms with Crippen LogP contribution in [-0.4, -0.2) is 23.0 Å². The Morgan fingerprint density at radius 1 is 1.42 bits per heavy atom. The van der Waals surface area contributed by atoms with Gasteiger partial charge in [0.2, 0.25) is 11.4 Å². The van der Waals surface area contributed by atoms with Gasteiger partial charge in [0.1, 0.15) is 0 Å². The van der Waals surface area contributed by atoms with E-state index in [-0.39, 0.29) is 18.0 Å². The van der Waals surface area contributed by atoms with Crippen molar-refractivity contribution in [2.45, 2.75) is 6.54 Å². The highest BCUT2D eigenvalue weighted by Gasteiger charge is 2.06. The van der Waals surface area contributed by atoms with Crippen LogP contribution in [0.25, 0.3) is 0 Å². The smallest absolute Gasteiger partial charge is 0.251 e. The fourth-order valence-electron chi connectivity index (χ4n) is 1.53. The van der Waals surface area contributed by atoms with Crippen molar-refractivity contribution in [3.8, 4) is 5.88 Å². The number of hydrogen-bond donors (Lipinski definition) is 2. The highest BCUT2D eigenvalue weighted by atomic mass is 16.5. The number of carbonyl (C=O) groups excluding carboxylic acids is 1. The Hall–Kier alpha value is -2.63. The van der Waals surface area contributed by atoms with E-state index in [4.69, 9.17) is 4.74 Å². The van der Waals surface area contributed by atoms with Crippen molar-refractivity contribution in [2.75, 3.05) is 7.11 Å². The van der Waals surface area contributed by atoms with Gasteiger partial charge in [0.05, 0.1) is 19.3 Å². The molecule has 2 rings (SSSR count). The molecule has 0 fully saturated rings. The van der Waals surface area contributed by atoms with Gasteiger partial charge >= 0.3 is 0 Å². The molecule has 2 heterocycles. The molecule has 19 heavy (non-hydrogen) atoms. The Morgan fingerprint density at radius 3 is 3.00 bits per heavy atom. The third kappa shape index (κ3) is 3.41. The largest absolute Gasteiger partial charge is 0.481 e. The van der Waals surface area contributed by atoms with Crippen molar-refractivity contribution >= 4 is 5.91 Å². The molecule has 0 spiro atoms. The summed E-state index contributed by atoms with van der Waals surface area (Å²) in [6, 6.07) is 8.08. The lowest BCUT2D eigenvalue weighted by Crippen LogP contribution is -2.24. The molecule has 0 bridgehead atoms. The number of rotatable bonds is 4. The SMILES string of the molecule is COc1cccc(CNC(=O)c2cc[nH]c(=O)c2)n1. The summed E-state index contributed by atoms with van der Waals surface area (Å²) in [6.45, 7) is 0.267. The lowest BCUT2D eigenvalue weighted by atomic mass is 10.2. The molecule has 0 aliphatic carbocycles. The first kappa shape index (κ1) is 12.8. The molecule has 0 unspecified atom stereocenters. The Balaban J connectivity index is 2.02. The van der Waals surface area contributed by atoms with E-state index in [0.29, 0.717) is 17.1 Å². The van der Waals surface area contributed by atoms with Gasteiger partial charge in [-0.25, -0.2) is 4.98 Å². The van der Waals surface area contributed by atoms with E-state index >= 15 is 0 Å². The zero-order valence-corrected chi connectivity index (χ0v) is 10.3. The molecule has 2 aromatic rings. The van der Waals surface area contributed by atoms with Crippen LogP contribution in [0.2, 0.25) is 0 Å². The summed E-state index contributed by atoms with van der Waals surface area (Å²) in [5.74, 6) is 0.165. The summed E-state index contributed by atoms with van der Waals surface area (Å²) in [7, 11) is 1.53. The van der Waals surface area contributed by atoms with Gasteiger partial charge < -0.3 is 15.0 Å². The van der Waals surface area contributed by atoms with Gasteiger partial charge in [0.15, 0.2) is 0 Å².